The van der Waals surface area contributed by atoms with Crippen LogP contribution < -0.4 is 16.1 Å². The molecule has 0 aromatic carbocycles. The van der Waals surface area contributed by atoms with Gasteiger partial charge in [0.1, 0.15) is 0 Å². The molecular weight excluding hydrogens is 354 g/mol. The molecule has 0 radical (unpaired) electrons. The lowest BCUT2D eigenvalue weighted by atomic mass is 10.3. The monoisotopic (exact) mass is 379 g/mol. The number of aliphatic hydroxyl groups is 1. The number of fused-ring (bicyclic) bond motifs is 1. The van der Waals surface area contributed by atoms with Crippen LogP contribution in [0.1, 0.15) is 0 Å². The predicted molar refractivity (Wildman–Crippen MR) is 100 cm³/mol. The second-order valence-corrected chi connectivity index (χ2v) is 6.48. The summed E-state index contributed by atoms with van der Waals surface area (Å²) in [7, 11) is 3.01. The normalized spacial score (nSPS) is 16.0. The minimum atomic E-state index is -0.843. The molecule has 148 valence electrons. The Hall–Kier alpha value is -2.43. The lowest BCUT2D eigenvalue weighted by molar-refractivity contribution is 0.0402. The maximum Gasteiger partial charge on any atom is 0.332 e. The minimum absolute atomic E-state index is 0.0975. The van der Waals surface area contributed by atoms with Crippen LogP contribution in [-0.2, 0) is 30.1 Å². The Morgan fingerprint density at radius 2 is 2.00 bits per heavy atom. The van der Waals surface area contributed by atoms with Crippen LogP contribution in [0, 0.1) is 0 Å². The van der Waals surface area contributed by atoms with Crippen molar-refractivity contribution in [2.75, 3.05) is 44.4 Å². The van der Waals surface area contributed by atoms with Gasteiger partial charge in [-0.3, -0.25) is 13.9 Å². The number of rotatable bonds is 7. The van der Waals surface area contributed by atoms with Crippen molar-refractivity contribution >= 4 is 17.1 Å². The molecule has 10 nitrogen and oxygen atoms in total. The van der Waals surface area contributed by atoms with Crippen LogP contribution in [0.15, 0.2) is 22.2 Å². The molecule has 1 saturated heterocycles. The second-order valence-electron chi connectivity index (χ2n) is 6.48. The van der Waals surface area contributed by atoms with E-state index in [0.29, 0.717) is 44.5 Å². The maximum atomic E-state index is 12.8. The largest absolute Gasteiger partial charge is 0.389 e. The van der Waals surface area contributed by atoms with Gasteiger partial charge in [-0.2, -0.15) is 4.98 Å². The number of aromatic nitrogens is 4. The summed E-state index contributed by atoms with van der Waals surface area (Å²) < 4.78 is 14.8. The minimum Gasteiger partial charge on any atom is -0.389 e. The van der Waals surface area contributed by atoms with Crippen molar-refractivity contribution in [2.45, 2.75) is 12.6 Å². The molecule has 1 aliphatic heterocycles. The van der Waals surface area contributed by atoms with Crippen molar-refractivity contribution in [3.8, 4) is 0 Å². The molecule has 0 bridgehead atoms. The average molecular weight is 379 g/mol. The van der Waals surface area contributed by atoms with E-state index < -0.39 is 17.4 Å². The number of hydrogen-bond acceptors (Lipinski definition) is 7. The molecule has 1 atom stereocenters. The number of nitrogens with zero attached hydrogens (tertiary/aromatic N) is 5. The van der Waals surface area contributed by atoms with Gasteiger partial charge in [0.2, 0.25) is 5.95 Å². The van der Waals surface area contributed by atoms with Crippen LogP contribution in [0.3, 0.4) is 0 Å². The fraction of sp³-hybridized carbons (Fsp3) is 0.588. The van der Waals surface area contributed by atoms with Crippen LogP contribution in [0.25, 0.3) is 11.2 Å². The van der Waals surface area contributed by atoms with E-state index in [1.807, 2.05) is 4.90 Å². The first-order chi connectivity index (χ1) is 13.0. The quantitative estimate of drug-likeness (QED) is 0.478. The van der Waals surface area contributed by atoms with Crippen molar-refractivity contribution in [3.05, 3.63) is 33.5 Å². The number of aryl methyl sites for hydroxylation is 1. The van der Waals surface area contributed by atoms with Crippen molar-refractivity contribution in [1.29, 1.82) is 0 Å². The van der Waals surface area contributed by atoms with Gasteiger partial charge in [0.05, 0.1) is 39.1 Å². The van der Waals surface area contributed by atoms with E-state index in [1.165, 1.54) is 11.6 Å². The zero-order valence-electron chi connectivity index (χ0n) is 15.6. The lowest BCUT2D eigenvalue weighted by Crippen LogP contribution is -2.39. The van der Waals surface area contributed by atoms with Crippen LogP contribution in [0.2, 0.25) is 0 Å². The van der Waals surface area contributed by atoms with E-state index in [0.717, 1.165) is 4.57 Å². The highest BCUT2D eigenvalue weighted by molar-refractivity contribution is 5.74. The third-order valence-corrected chi connectivity index (χ3v) is 4.56. The van der Waals surface area contributed by atoms with Gasteiger partial charge in [-0.25, -0.2) is 4.79 Å². The Morgan fingerprint density at radius 1 is 1.30 bits per heavy atom. The number of ether oxygens (including phenoxy) is 2. The molecule has 2 aromatic heterocycles. The number of imidazole rings is 1. The van der Waals surface area contributed by atoms with Crippen molar-refractivity contribution < 1.29 is 14.6 Å². The van der Waals surface area contributed by atoms with Gasteiger partial charge in [0, 0.05) is 27.2 Å². The molecule has 1 N–H and O–H groups in total. The Kier molecular flexibility index (Phi) is 5.78. The molecule has 0 unspecified atom stereocenters. The molecule has 1 aliphatic rings. The fourth-order valence-corrected chi connectivity index (χ4v) is 3.16. The Bertz CT molecular complexity index is 938. The topological polar surface area (TPSA) is 104 Å². The first-order valence-electron chi connectivity index (χ1n) is 8.81. The molecule has 3 rings (SSSR count). The Balaban J connectivity index is 2.10. The average Bonchev–Trinajstić information content (AvgIpc) is 3.05. The van der Waals surface area contributed by atoms with Gasteiger partial charge in [-0.05, 0) is 0 Å². The van der Waals surface area contributed by atoms with Crippen molar-refractivity contribution in [1.82, 2.24) is 18.7 Å². The molecule has 10 heteroatoms. The van der Waals surface area contributed by atoms with E-state index in [4.69, 9.17) is 9.47 Å². The maximum absolute atomic E-state index is 12.8. The van der Waals surface area contributed by atoms with Crippen molar-refractivity contribution in [3.63, 3.8) is 0 Å². The van der Waals surface area contributed by atoms with E-state index in [2.05, 4.69) is 11.6 Å². The highest BCUT2D eigenvalue weighted by Gasteiger charge is 2.25. The molecular formula is C17H25N5O5. The van der Waals surface area contributed by atoms with Gasteiger partial charge >= 0.3 is 5.69 Å². The standard InChI is InChI=1S/C17H25N5O5/c1-4-7-27-11-12(23)10-22-13-14(19(2)17(25)20(3)15(13)24)18-16(22)21-5-8-26-9-6-21/h4,12,23H,1,5-11H2,2-3H3/t12-/m0/s1. The second kappa shape index (κ2) is 8.07. The fourth-order valence-electron chi connectivity index (χ4n) is 3.16. The van der Waals surface area contributed by atoms with Gasteiger partial charge in [-0.15, -0.1) is 6.58 Å². The lowest BCUT2D eigenvalue weighted by Gasteiger charge is -2.28. The zero-order valence-corrected chi connectivity index (χ0v) is 15.6. The third-order valence-electron chi connectivity index (χ3n) is 4.56. The summed E-state index contributed by atoms with van der Waals surface area (Å²) in [5.74, 6) is 0.536. The third kappa shape index (κ3) is 3.68. The van der Waals surface area contributed by atoms with E-state index in [9.17, 15) is 14.7 Å². The van der Waals surface area contributed by atoms with Crippen LogP contribution in [0.4, 0.5) is 5.95 Å². The summed E-state index contributed by atoms with van der Waals surface area (Å²) in [6.07, 6.45) is 0.758. The molecule has 1 fully saturated rings. The zero-order chi connectivity index (χ0) is 19.6. The Labute approximate surface area is 155 Å². The van der Waals surface area contributed by atoms with Crippen molar-refractivity contribution in [2.24, 2.45) is 14.1 Å². The molecule has 2 aromatic rings. The van der Waals surface area contributed by atoms with Crippen LogP contribution >= 0.6 is 0 Å². The predicted octanol–water partition coefficient (Wildman–Crippen LogP) is -1.17. The first kappa shape index (κ1) is 19.3. The summed E-state index contributed by atoms with van der Waals surface area (Å²) in [6, 6.07) is 0. The molecule has 0 spiro atoms. The van der Waals surface area contributed by atoms with E-state index in [1.54, 1.807) is 17.7 Å². The molecule has 0 amide bonds. The molecule has 0 saturated carbocycles. The molecule has 3 heterocycles. The van der Waals surface area contributed by atoms with Gasteiger partial charge in [0.15, 0.2) is 11.2 Å². The number of aliphatic hydroxyl groups excluding tert-OH is 1. The van der Waals surface area contributed by atoms with E-state index >= 15 is 0 Å². The summed E-state index contributed by atoms with van der Waals surface area (Å²) in [6.45, 7) is 6.43. The number of hydrogen-bond donors (Lipinski definition) is 1. The van der Waals surface area contributed by atoms with Crippen LogP contribution in [0.5, 0.6) is 0 Å². The van der Waals surface area contributed by atoms with Gasteiger partial charge < -0.3 is 24.0 Å². The van der Waals surface area contributed by atoms with Crippen LogP contribution in [-0.4, -0.2) is 69.4 Å². The SMILES string of the molecule is C=CCOC[C@@H](O)Cn1c(N2CCOCC2)nc2c1c(=O)n(C)c(=O)n2C. The summed E-state index contributed by atoms with van der Waals surface area (Å²) in [4.78, 5) is 31.6. The first-order valence-corrected chi connectivity index (χ1v) is 8.81. The summed E-state index contributed by atoms with van der Waals surface area (Å²) in [5.41, 5.74) is -0.312. The number of anilines is 1. The van der Waals surface area contributed by atoms with Gasteiger partial charge in [-0.1, -0.05) is 6.08 Å². The summed E-state index contributed by atoms with van der Waals surface area (Å²) >= 11 is 0. The summed E-state index contributed by atoms with van der Waals surface area (Å²) in [5, 5.41) is 10.4. The highest BCUT2D eigenvalue weighted by Crippen LogP contribution is 2.21. The molecule has 0 aliphatic carbocycles. The molecule has 27 heavy (non-hydrogen) atoms. The highest BCUT2D eigenvalue weighted by atomic mass is 16.5. The Morgan fingerprint density at radius 3 is 2.67 bits per heavy atom. The smallest absolute Gasteiger partial charge is 0.332 e. The number of morpholine rings is 1. The van der Waals surface area contributed by atoms with Gasteiger partial charge in [0.25, 0.3) is 5.56 Å². The van der Waals surface area contributed by atoms with E-state index in [-0.39, 0.29) is 18.7 Å².